The maximum Gasteiger partial charge on any atom is 0.303 e. The van der Waals surface area contributed by atoms with Crippen molar-refractivity contribution in [2.75, 3.05) is 6.54 Å². The van der Waals surface area contributed by atoms with E-state index in [2.05, 4.69) is 19.2 Å². The van der Waals surface area contributed by atoms with Crippen LogP contribution in [0.5, 0.6) is 0 Å². The van der Waals surface area contributed by atoms with Crippen LogP contribution in [0, 0.1) is 11.3 Å². The van der Waals surface area contributed by atoms with Crippen LogP contribution in [-0.4, -0.2) is 23.5 Å². The number of nitrogens with one attached hydrogen (secondary N) is 1. The lowest BCUT2D eigenvalue weighted by Gasteiger charge is -2.41. The van der Waals surface area contributed by atoms with Crippen molar-refractivity contribution in [1.82, 2.24) is 5.32 Å². The first kappa shape index (κ1) is 14.0. The number of aliphatic carboxylic acids is 1. The number of rotatable bonds is 7. The van der Waals surface area contributed by atoms with Crippen LogP contribution in [0.4, 0.5) is 0 Å². The van der Waals surface area contributed by atoms with Crippen LogP contribution in [0.1, 0.15) is 52.4 Å². The highest BCUT2D eigenvalue weighted by Gasteiger charge is 2.43. The third kappa shape index (κ3) is 4.02. The predicted octanol–water partition coefficient (Wildman–Crippen LogP) is 2.18. The lowest BCUT2D eigenvalue weighted by Crippen LogP contribution is -2.46. The number of carboxylic acid groups (broad SMARTS) is 1. The van der Waals surface area contributed by atoms with E-state index in [0.717, 1.165) is 25.7 Å². The van der Waals surface area contributed by atoms with Crippen molar-refractivity contribution >= 4 is 11.9 Å². The minimum atomic E-state index is -0.806. The highest BCUT2D eigenvalue weighted by Crippen LogP contribution is 2.46. The Bertz CT molecular complexity index is 282. The highest BCUT2D eigenvalue weighted by atomic mass is 16.4. The van der Waals surface area contributed by atoms with Crippen molar-refractivity contribution in [3.05, 3.63) is 0 Å². The third-order valence-electron chi connectivity index (χ3n) is 3.44. The lowest BCUT2D eigenvalue weighted by atomic mass is 9.64. The zero-order chi connectivity index (χ0) is 12.9. The van der Waals surface area contributed by atoms with Crippen molar-refractivity contribution in [2.24, 2.45) is 11.3 Å². The second-order valence-corrected chi connectivity index (χ2v) is 5.49. The molecular formula is C13H23NO3. The number of carboxylic acids is 1. The Morgan fingerprint density at radius 3 is 2.41 bits per heavy atom. The molecule has 1 saturated carbocycles. The van der Waals surface area contributed by atoms with E-state index in [1.54, 1.807) is 0 Å². The van der Waals surface area contributed by atoms with E-state index in [4.69, 9.17) is 5.11 Å². The molecular weight excluding hydrogens is 218 g/mol. The molecule has 0 bridgehead atoms. The largest absolute Gasteiger partial charge is 0.481 e. The first-order valence-electron chi connectivity index (χ1n) is 6.46. The molecule has 17 heavy (non-hydrogen) atoms. The molecule has 4 heteroatoms. The molecule has 0 heterocycles. The molecule has 1 aliphatic rings. The van der Waals surface area contributed by atoms with Gasteiger partial charge in [0.15, 0.2) is 0 Å². The Hall–Kier alpha value is -1.06. The van der Waals surface area contributed by atoms with Gasteiger partial charge in [0.2, 0.25) is 5.91 Å². The number of carbonyl (C=O) groups is 2. The van der Waals surface area contributed by atoms with Crippen molar-refractivity contribution in [3.8, 4) is 0 Å². The zero-order valence-corrected chi connectivity index (χ0v) is 10.8. The fourth-order valence-electron chi connectivity index (χ4n) is 2.54. The average Bonchev–Trinajstić information content (AvgIpc) is 2.17. The number of hydrogen-bond donors (Lipinski definition) is 2. The SMILES string of the molecule is CC(C)CC1(C(=O)NCCCC(=O)O)CCC1. The van der Waals surface area contributed by atoms with E-state index in [0.29, 0.717) is 18.9 Å². The summed E-state index contributed by atoms with van der Waals surface area (Å²) in [5.41, 5.74) is -0.155. The maximum atomic E-state index is 12.1. The van der Waals surface area contributed by atoms with E-state index >= 15 is 0 Å². The summed E-state index contributed by atoms with van der Waals surface area (Å²) < 4.78 is 0. The minimum absolute atomic E-state index is 0.122. The van der Waals surface area contributed by atoms with Gasteiger partial charge < -0.3 is 10.4 Å². The fourth-order valence-corrected chi connectivity index (χ4v) is 2.54. The maximum absolute atomic E-state index is 12.1. The first-order chi connectivity index (χ1) is 7.96. The summed E-state index contributed by atoms with van der Waals surface area (Å²) in [4.78, 5) is 22.4. The molecule has 1 aliphatic carbocycles. The summed E-state index contributed by atoms with van der Waals surface area (Å²) in [5, 5.41) is 11.4. The Morgan fingerprint density at radius 2 is 2.00 bits per heavy atom. The van der Waals surface area contributed by atoms with Gasteiger partial charge in [-0.1, -0.05) is 20.3 Å². The van der Waals surface area contributed by atoms with Crippen LogP contribution >= 0.6 is 0 Å². The minimum Gasteiger partial charge on any atom is -0.481 e. The van der Waals surface area contributed by atoms with Crippen LogP contribution in [0.25, 0.3) is 0 Å². The molecule has 4 nitrogen and oxygen atoms in total. The summed E-state index contributed by atoms with van der Waals surface area (Å²) in [6.45, 7) is 4.75. The van der Waals surface area contributed by atoms with Gasteiger partial charge in [-0.25, -0.2) is 0 Å². The van der Waals surface area contributed by atoms with Crippen molar-refractivity contribution < 1.29 is 14.7 Å². The van der Waals surface area contributed by atoms with Crippen molar-refractivity contribution in [2.45, 2.75) is 52.4 Å². The summed E-state index contributed by atoms with van der Waals surface area (Å²) in [5.74, 6) is -0.150. The summed E-state index contributed by atoms with van der Waals surface area (Å²) >= 11 is 0. The highest BCUT2D eigenvalue weighted by molar-refractivity contribution is 5.83. The molecule has 98 valence electrons. The fraction of sp³-hybridized carbons (Fsp3) is 0.846. The van der Waals surface area contributed by atoms with Crippen LogP contribution in [0.3, 0.4) is 0 Å². The molecule has 0 saturated heterocycles. The van der Waals surface area contributed by atoms with Gasteiger partial charge in [-0.2, -0.15) is 0 Å². The van der Waals surface area contributed by atoms with Gasteiger partial charge in [0.25, 0.3) is 0 Å². The molecule has 0 aromatic rings. The first-order valence-corrected chi connectivity index (χ1v) is 6.46. The van der Waals surface area contributed by atoms with E-state index in [-0.39, 0.29) is 17.7 Å². The topological polar surface area (TPSA) is 66.4 Å². The quantitative estimate of drug-likeness (QED) is 0.671. The Morgan fingerprint density at radius 1 is 1.35 bits per heavy atom. The van der Waals surface area contributed by atoms with E-state index in [1.165, 1.54) is 0 Å². The molecule has 0 unspecified atom stereocenters. The second-order valence-electron chi connectivity index (χ2n) is 5.49. The molecule has 0 radical (unpaired) electrons. The zero-order valence-electron chi connectivity index (χ0n) is 10.8. The van der Waals surface area contributed by atoms with Gasteiger partial charge in [-0.15, -0.1) is 0 Å². The summed E-state index contributed by atoms with van der Waals surface area (Å²) in [7, 11) is 0. The Kier molecular flexibility index (Phi) is 4.97. The average molecular weight is 241 g/mol. The van der Waals surface area contributed by atoms with Crippen LogP contribution in [0.2, 0.25) is 0 Å². The molecule has 1 amide bonds. The van der Waals surface area contributed by atoms with Gasteiger partial charge in [0, 0.05) is 18.4 Å². The normalized spacial score (nSPS) is 17.6. The molecule has 0 aromatic carbocycles. The Balaban J connectivity index is 2.32. The van der Waals surface area contributed by atoms with Gasteiger partial charge >= 0.3 is 5.97 Å². The molecule has 0 atom stereocenters. The molecule has 1 fully saturated rings. The molecule has 0 spiro atoms. The summed E-state index contributed by atoms with van der Waals surface area (Å²) in [6, 6.07) is 0. The van der Waals surface area contributed by atoms with Gasteiger partial charge in [0.1, 0.15) is 0 Å². The van der Waals surface area contributed by atoms with Gasteiger partial charge in [-0.3, -0.25) is 9.59 Å². The molecule has 2 N–H and O–H groups in total. The smallest absolute Gasteiger partial charge is 0.303 e. The lowest BCUT2D eigenvalue weighted by molar-refractivity contribution is -0.139. The third-order valence-corrected chi connectivity index (χ3v) is 3.44. The van der Waals surface area contributed by atoms with E-state index in [9.17, 15) is 9.59 Å². The predicted molar refractivity (Wildman–Crippen MR) is 65.6 cm³/mol. The van der Waals surface area contributed by atoms with Gasteiger partial charge in [0.05, 0.1) is 0 Å². The van der Waals surface area contributed by atoms with E-state index in [1.807, 2.05) is 0 Å². The number of carbonyl (C=O) groups excluding carboxylic acids is 1. The molecule has 0 aromatic heterocycles. The standard InChI is InChI=1S/C13H23NO3/c1-10(2)9-13(6-4-7-13)12(17)14-8-3-5-11(15)16/h10H,3-9H2,1-2H3,(H,14,17)(H,15,16). The molecule has 1 rings (SSSR count). The van der Waals surface area contributed by atoms with Gasteiger partial charge in [-0.05, 0) is 31.6 Å². The number of hydrogen-bond acceptors (Lipinski definition) is 2. The Labute approximate surface area is 103 Å². The van der Waals surface area contributed by atoms with E-state index < -0.39 is 5.97 Å². The van der Waals surface area contributed by atoms with Crippen LogP contribution in [-0.2, 0) is 9.59 Å². The second kappa shape index (κ2) is 6.03. The monoisotopic (exact) mass is 241 g/mol. The number of amides is 1. The van der Waals surface area contributed by atoms with Crippen LogP contribution in [0.15, 0.2) is 0 Å². The van der Waals surface area contributed by atoms with Crippen LogP contribution < -0.4 is 5.32 Å². The van der Waals surface area contributed by atoms with Crippen molar-refractivity contribution in [3.63, 3.8) is 0 Å². The summed E-state index contributed by atoms with van der Waals surface area (Å²) in [6.07, 6.45) is 4.68. The molecule has 0 aliphatic heterocycles. The van der Waals surface area contributed by atoms with Crippen molar-refractivity contribution in [1.29, 1.82) is 0 Å².